The summed E-state index contributed by atoms with van der Waals surface area (Å²) in [5.74, 6) is 0.810. The molecule has 2 rings (SSSR count). The number of thioether (sulfide) groups is 1. The molecule has 0 saturated carbocycles. The zero-order valence-electron chi connectivity index (χ0n) is 12.7. The molecule has 118 valence electrons. The third-order valence-corrected chi connectivity index (χ3v) is 4.88. The van der Waals surface area contributed by atoms with E-state index >= 15 is 0 Å². The van der Waals surface area contributed by atoms with E-state index in [1.54, 1.807) is 0 Å². The Morgan fingerprint density at radius 3 is 2.64 bits per heavy atom. The van der Waals surface area contributed by atoms with Crippen LogP contribution in [-0.4, -0.2) is 21.9 Å². The van der Waals surface area contributed by atoms with Gasteiger partial charge in [0.1, 0.15) is 0 Å². The van der Waals surface area contributed by atoms with Crippen LogP contribution in [0.25, 0.3) is 0 Å². The Hall–Kier alpha value is -1.60. The number of nitrogens with zero attached hydrogens (tertiary/aromatic N) is 2. The third-order valence-electron chi connectivity index (χ3n) is 2.99. The first kappa shape index (κ1) is 16.8. The molecule has 0 aliphatic carbocycles. The van der Waals surface area contributed by atoms with Crippen LogP contribution in [0.15, 0.2) is 34.7 Å². The van der Waals surface area contributed by atoms with Crippen molar-refractivity contribution in [3.05, 3.63) is 35.9 Å². The lowest BCUT2D eigenvalue weighted by Gasteiger charge is -2.21. The molecule has 22 heavy (non-hydrogen) atoms. The molecule has 0 aliphatic heterocycles. The van der Waals surface area contributed by atoms with Crippen molar-refractivity contribution in [2.45, 2.75) is 30.6 Å². The van der Waals surface area contributed by atoms with E-state index in [1.807, 2.05) is 30.3 Å². The molecule has 0 fully saturated rings. The van der Waals surface area contributed by atoms with Gasteiger partial charge in [-0.05, 0) is 17.9 Å². The highest BCUT2D eigenvalue weighted by Gasteiger charge is 2.16. The zero-order valence-corrected chi connectivity index (χ0v) is 14.3. The predicted octanol–water partition coefficient (Wildman–Crippen LogP) is 3.12. The fraction of sp³-hybridized carbons (Fsp3) is 0.400. The van der Waals surface area contributed by atoms with Crippen molar-refractivity contribution in [2.24, 2.45) is 5.92 Å². The molecule has 0 bridgehead atoms. The summed E-state index contributed by atoms with van der Waals surface area (Å²) in [6.45, 7) is 4.31. The number of benzene rings is 1. The van der Waals surface area contributed by atoms with Gasteiger partial charge in [0.2, 0.25) is 11.0 Å². The fourth-order valence-corrected chi connectivity index (χ4v) is 3.52. The highest BCUT2D eigenvalue weighted by Crippen LogP contribution is 2.24. The summed E-state index contributed by atoms with van der Waals surface area (Å²) in [6, 6.07) is 10.1. The molecule has 0 saturated heterocycles. The molecule has 0 aliphatic rings. The molecule has 1 aromatic carbocycles. The molecule has 1 aromatic heterocycles. The number of carbonyl (C=O) groups is 1. The van der Waals surface area contributed by atoms with Crippen LogP contribution < -0.4 is 11.1 Å². The van der Waals surface area contributed by atoms with E-state index in [0.29, 0.717) is 21.1 Å². The number of nitrogens with one attached hydrogen (secondary N) is 1. The van der Waals surface area contributed by atoms with E-state index in [2.05, 4.69) is 29.4 Å². The summed E-state index contributed by atoms with van der Waals surface area (Å²) >= 11 is 2.65. The molecule has 7 heteroatoms. The first-order valence-corrected chi connectivity index (χ1v) is 8.91. The largest absolute Gasteiger partial charge is 0.374 e. The molecule has 3 N–H and O–H groups in total. The van der Waals surface area contributed by atoms with Gasteiger partial charge in [0.15, 0.2) is 4.34 Å². The van der Waals surface area contributed by atoms with E-state index in [0.717, 1.165) is 12.0 Å². The first-order chi connectivity index (χ1) is 10.5. The van der Waals surface area contributed by atoms with Crippen LogP contribution >= 0.6 is 23.1 Å². The number of hydrogen-bond acceptors (Lipinski definition) is 6. The lowest BCUT2D eigenvalue weighted by atomic mass is 9.97. The average molecular weight is 336 g/mol. The molecule has 1 heterocycles. The maximum atomic E-state index is 12.2. The van der Waals surface area contributed by atoms with Crippen molar-refractivity contribution in [3.63, 3.8) is 0 Å². The van der Waals surface area contributed by atoms with Crippen molar-refractivity contribution < 1.29 is 4.79 Å². The summed E-state index contributed by atoms with van der Waals surface area (Å²) in [6.07, 6.45) is 0.909. The van der Waals surface area contributed by atoms with Gasteiger partial charge in [-0.15, -0.1) is 10.2 Å². The van der Waals surface area contributed by atoms with Gasteiger partial charge in [0, 0.05) is 0 Å². The van der Waals surface area contributed by atoms with Crippen LogP contribution in [0.4, 0.5) is 5.13 Å². The summed E-state index contributed by atoms with van der Waals surface area (Å²) in [5, 5.41) is 11.2. The Morgan fingerprint density at radius 2 is 2.05 bits per heavy atom. The minimum absolute atomic E-state index is 0.00623. The number of rotatable bonds is 7. The monoisotopic (exact) mass is 336 g/mol. The molecule has 0 radical (unpaired) electrons. The number of anilines is 1. The Kier molecular flexibility index (Phi) is 6.21. The van der Waals surface area contributed by atoms with Crippen LogP contribution in [0.3, 0.4) is 0 Å². The van der Waals surface area contributed by atoms with Crippen molar-refractivity contribution in [3.8, 4) is 0 Å². The van der Waals surface area contributed by atoms with Crippen molar-refractivity contribution in [2.75, 3.05) is 11.5 Å². The molecular formula is C15H20N4OS2. The molecule has 2 aromatic rings. The summed E-state index contributed by atoms with van der Waals surface area (Å²) < 4.78 is 0.716. The first-order valence-electron chi connectivity index (χ1n) is 7.10. The van der Waals surface area contributed by atoms with Gasteiger partial charge >= 0.3 is 0 Å². The highest BCUT2D eigenvalue weighted by molar-refractivity contribution is 8.01. The van der Waals surface area contributed by atoms with Crippen LogP contribution in [-0.2, 0) is 4.79 Å². The van der Waals surface area contributed by atoms with Gasteiger partial charge in [-0.25, -0.2) is 0 Å². The van der Waals surface area contributed by atoms with Crippen LogP contribution in [0, 0.1) is 5.92 Å². The second-order valence-corrected chi connectivity index (χ2v) is 7.59. The Morgan fingerprint density at radius 1 is 1.32 bits per heavy atom. The van der Waals surface area contributed by atoms with Gasteiger partial charge in [-0.1, -0.05) is 67.3 Å². The van der Waals surface area contributed by atoms with Gasteiger partial charge in [0.05, 0.1) is 11.8 Å². The summed E-state index contributed by atoms with van der Waals surface area (Å²) in [4.78, 5) is 12.2. The van der Waals surface area contributed by atoms with Gasteiger partial charge in [-0.3, -0.25) is 4.79 Å². The van der Waals surface area contributed by atoms with Crippen LogP contribution in [0.5, 0.6) is 0 Å². The molecule has 5 nitrogen and oxygen atoms in total. The zero-order chi connectivity index (χ0) is 15.9. The second kappa shape index (κ2) is 8.14. The van der Waals surface area contributed by atoms with Crippen LogP contribution in [0.2, 0.25) is 0 Å². The highest BCUT2D eigenvalue weighted by atomic mass is 32.2. The Bertz CT molecular complexity index is 601. The third kappa shape index (κ3) is 5.31. The second-order valence-electron chi connectivity index (χ2n) is 5.36. The molecule has 0 unspecified atom stereocenters. The molecular weight excluding hydrogens is 316 g/mol. The number of nitrogens with two attached hydrogens (primary N) is 1. The minimum Gasteiger partial charge on any atom is -0.374 e. The topological polar surface area (TPSA) is 80.9 Å². The molecule has 1 atom stereocenters. The van der Waals surface area contributed by atoms with Gasteiger partial charge < -0.3 is 11.1 Å². The van der Waals surface area contributed by atoms with E-state index in [-0.39, 0.29) is 11.9 Å². The Balaban J connectivity index is 1.93. The van der Waals surface area contributed by atoms with Crippen LogP contribution in [0.1, 0.15) is 31.9 Å². The lowest BCUT2D eigenvalue weighted by molar-refractivity contribution is -0.119. The maximum Gasteiger partial charge on any atom is 0.230 e. The average Bonchev–Trinajstić information content (AvgIpc) is 2.91. The summed E-state index contributed by atoms with van der Waals surface area (Å²) in [5.41, 5.74) is 6.66. The lowest BCUT2D eigenvalue weighted by Crippen LogP contribution is -2.30. The number of nitrogen functional groups attached to an aromatic ring is 1. The standard InChI is InChI=1S/C15H20N4OS2/c1-10(2)8-12(11-6-4-3-5-7-11)17-13(20)9-21-15-19-18-14(16)22-15/h3-7,10,12H,8-9H2,1-2H3,(H2,16,18)(H,17,20)/t12-/m1/s1. The number of amides is 1. The predicted molar refractivity (Wildman–Crippen MR) is 91.8 cm³/mol. The fourth-order valence-electron chi connectivity index (χ4n) is 2.08. The smallest absolute Gasteiger partial charge is 0.230 e. The number of hydrogen-bond donors (Lipinski definition) is 2. The number of carbonyl (C=O) groups excluding carboxylic acids is 1. The van der Waals surface area contributed by atoms with Gasteiger partial charge in [-0.2, -0.15) is 0 Å². The van der Waals surface area contributed by atoms with E-state index in [4.69, 9.17) is 5.73 Å². The number of aromatic nitrogens is 2. The normalized spacial score (nSPS) is 12.3. The van der Waals surface area contributed by atoms with Crippen molar-refractivity contribution in [1.82, 2.24) is 15.5 Å². The maximum absolute atomic E-state index is 12.2. The van der Waals surface area contributed by atoms with Crippen molar-refractivity contribution in [1.29, 1.82) is 0 Å². The quantitative estimate of drug-likeness (QED) is 0.759. The summed E-state index contributed by atoms with van der Waals surface area (Å²) in [7, 11) is 0. The SMILES string of the molecule is CC(C)C[C@@H](NC(=O)CSc1nnc(N)s1)c1ccccc1. The Labute approximate surface area is 138 Å². The van der Waals surface area contributed by atoms with E-state index < -0.39 is 0 Å². The van der Waals surface area contributed by atoms with Gasteiger partial charge in [0.25, 0.3) is 0 Å². The molecule has 0 spiro atoms. The molecule has 1 amide bonds. The minimum atomic E-state index is -0.00623. The van der Waals surface area contributed by atoms with E-state index in [1.165, 1.54) is 23.1 Å². The van der Waals surface area contributed by atoms with E-state index in [9.17, 15) is 4.79 Å². The van der Waals surface area contributed by atoms with Crippen molar-refractivity contribution >= 4 is 34.1 Å².